The fourth-order valence-corrected chi connectivity index (χ4v) is 3.65. The van der Waals surface area contributed by atoms with Crippen LogP contribution in [0.4, 0.5) is 0 Å². The fraction of sp³-hybridized carbons (Fsp3) is 0.467. The first-order valence-electron chi connectivity index (χ1n) is 6.93. The van der Waals surface area contributed by atoms with Crippen molar-refractivity contribution in [3.05, 3.63) is 35.4 Å². The fourth-order valence-electron chi connectivity index (χ4n) is 3.65. The van der Waals surface area contributed by atoms with Crippen LogP contribution in [0.1, 0.15) is 24.0 Å². The van der Waals surface area contributed by atoms with Crippen molar-refractivity contribution in [2.24, 2.45) is 0 Å². The van der Waals surface area contributed by atoms with Crippen molar-refractivity contribution in [3.63, 3.8) is 0 Å². The molecule has 98 valence electrons. The van der Waals surface area contributed by atoms with Gasteiger partial charge in [-0.05, 0) is 24.0 Å². The van der Waals surface area contributed by atoms with Gasteiger partial charge in [-0.3, -0.25) is 9.59 Å². The van der Waals surface area contributed by atoms with E-state index in [0.717, 1.165) is 19.4 Å². The highest BCUT2D eigenvalue weighted by Crippen LogP contribution is 2.33. The number of carbonyl (C=O) groups is 2. The molecular weight excluding hydrogens is 240 g/mol. The molecule has 0 N–H and O–H groups in total. The van der Waals surface area contributed by atoms with E-state index in [1.807, 2.05) is 12.1 Å². The first kappa shape index (κ1) is 11.0. The number of piperazine rings is 1. The van der Waals surface area contributed by atoms with E-state index in [2.05, 4.69) is 12.1 Å². The van der Waals surface area contributed by atoms with Crippen LogP contribution in [-0.4, -0.2) is 40.2 Å². The van der Waals surface area contributed by atoms with E-state index in [1.165, 1.54) is 11.1 Å². The maximum absolute atomic E-state index is 12.5. The van der Waals surface area contributed by atoms with Gasteiger partial charge >= 0.3 is 0 Å². The zero-order valence-corrected chi connectivity index (χ0v) is 10.7. The van der Waals surface area contributed by atoms with Gasteiger partial charge in [-0.1, -0.05) is 24.3 Å². The summed E-state index contributed by atoms with van der Waals surface area (Å²) < 4.78 is 0. The number of rotatable bonds is 0. The van der Waals surface area contributed by atoms with Crippen LogP contribution < -0.4 is 0 Å². The molecule has 19 heavy (non-hydrogen) atoms. The van der Waals surface area contributed by atoms with Crippen molar-refractivity contribution >= 4 is 11.8 Å². The monoisotopic (exact) mass is 256 g/mol. The van der Waals surface area contributed by atoms with Crippen LogP contribution in [0, 0.1) is 0 Å². The van der Waals surface area contributed by atoms with Gasteiger partial charge in [0.1, 0.15) is 12.1 Å². The molecule has 2 unspecified atom stereocenters. The largest absolute Gasteiger partial charge is 0.329 e. The van der Waals surface area contributed by atoms with Crippen molar-refractivity contribution in [1.29, 1.82) is 0 Å². The van der Waals surface area contributed by atoms with Gasteiger partial charge in [0.15, 0.2) is 0 Å². The minimum atomic E-state index is -0.267. The van der Waals surface area contributed by atoms with E-state index in [4.69, 9.17) is 0 Å². The first-order valence-corrected chi connectivity index (χ1v) is 6.93. The number of amides is 2. The number of hydrogen-bond acceptors (Lipinski definition) is 2. The average Bonchev–Trinajstić information content (AvgIpc) is 2.93. The second-order valence-corrected chi connectivity index (χ2v) is 5.64. The van der Waals surface area contributed by atoms with E-state index in [0.29, 0.717) is 13.0 Å². The van der Waals surface area contributed by atoms with Crippen LogP contribution in [0.2, 0.25) is 0 Å². The Labute approximate surface area is 112 Å². The third-order valence-corrected chi connectivity index (χ3v) is 4.64. The molecule has 1 aromatic rings. The van der Waals surface area contributed by atoms with E-state index in [1.54, 1.807) is 9.80 Å². The molecule has 0 radical (unpaired) electrons. The summed E-state index contributed by atoms with van der Waals surface area (Å²) in [5.74, 6) is 0.299. The van der Waals surface area contributed by atoms with E-state index in [9.17, 15) is 9.59 Å². The number of hydrogen-bond donors (Lipinski definition) is 0. The number of fused-ring (bicyclic) bond motifs is 3. The summed E-state index contributed by atoms with van der Waals surface area (Å²) in [5, 5.41) is 0. The molecule has 4 nitrogen and oxygen atoms in total. The molecule has 1 aromatic carbocycles. The standard InChI is InChI=1S/C15H16N2O2/c18-14-12-6-3-7-16(12)15(19)13-8-10-4-1-2-5-11(10)9-17(13)14/h1-2,4-5,12-13H,3,6-9H2. The summed E-state index contributed by atoms with van der Waals surface area (Å²) in [7, 11) is 0. The molecule has 0 bridgehead atoms. The molecule has 2 atom stereocenters. The van der Waals surface area contributed by atoms with Crippen molar-refractivity contribution in [3.8, 4) is 0 Å². The maximum Gasteiger partial charge on any atom is 0.246 e. The van der Waals surface area contributed by atoms with Crippen molar-refractivity contribution in [2.45, 2.75) is 37.9 Å². The summed E-state index contributed by atoms with van der Waals surface area (Å²) in [6, 6.07) is 7.68. The molecule has 2 fully saturated rings. The summed E-state index contributed by atoms with van der Waals surface area (Å²) >= 11 is 0. The Morgan fingerprint density at radius 1 is 0.947 bits per heavy atom. The second-order valence-electron chi connectivity index (χ2n) is 5.64. The Bertz CT molecular complexity index is 520. The molecular formula is C15H16N2O2. The smallest absolute Gasteiger partial charge is 0.246 e. The zero-order chi connectivity index (χ0) is 13.0. The Morgan fingerprint density at radius 2 is 1.68 bits per heavy atom. The maximum atomic E-state index is 12.5. The number of benzene rings is 1. The summed E-state index contributed by atoms with van der Waals surface area (Å²) in [6.45, 7) is 1.34. The van der Waals surface area contributed by atoms with Gasteiger partial charge in [0.25, 0.3) is 0 Å². The first-order chi connectivity index (χ1) is 9.25. The molecule has 3 aliphatic rings. The molecule has 2 amide bonds. The van der Waals surface area contributed by atoms with Crippen LogP contribution in [0.5, 0.6) is 0 Å². The highest BCUT2D eigenvalue weighted by molar-refractivity contribution is 5.98. The van der Waals surface area contributed by atoms with Crippen LogP contribution in [0.15, 0.2) is 24.3 Å². The van der Waals surface area contributed by atoms with Crippen LogP contribution >= 0.6 is 0 Å². The molecule has 0 spiro atoms. The predicted octanol–water partition coefficient (Wildman–Crippen LogP) is 0.944. The van der Waals surface area contributed by atoms with Gasteiger partial charge < -0.3 is 9.80 Å². The molecule has 0 aliphatic carbocycles. The molecule has 4 heteroatoms. The zero-order valence-electron chi connectivity index (χ0n) is 10.7. The van der Waals surface area contributed by atoms with Crippen LogP contribution in [-0.2, 0) is 22.6 Å². The van der Waals surface area contributed by atoms with Gasteiger partial charge in [-0.15, -0.1) is 0 Å². The quantitative estimate of drug-likeness (QED) is 0.693. The highest BCUT2D eigenvalue weighted by atomic mass is 16.2. The Kier molecular flexibility index (Phi) is 2.22. The van der Waals surface area contributed by atoms with Gasteiger partial charge in [0.2, 0.25) is 11.8 Å². The highest BCUT2D eigenvalue weighted by Gasteiger charge is 2.48. The lowest BCUT2D eigenvalue weighted by Gasteiger charge is -2.45. The molecule has 3 heterocycles. The van der Waals surface area contributed by atoms with Gasteiger partial charge in [-0.25, -0.2) is 0 Å². The Morgan fingerprint density at radius 3 is 2.53 bits per heavy atom. The third-order valence-electron chi connectivity index (χ3n) is 4.64. The van der Waals surface area contributed by atoms with Gasteiger partial charge in [0, 0.05) is 19.5 Å². The summed E-state index contributed by atoms with van der Waals surface area (Å²) in [6.07, 6.45) is 2.45. The number of nitrogens with zero attached hydrogens (tertiary/aromatic N) is 2. The molecule has 4 rings (SSSR count). The SMILES string of the molecule is O=C1C2Cc3ccccc3CN2C(=O)C2CCCN12. The Hall–Kier alpha value is -1.84. The minimum Gasteiger partial charge on any atom is -0.329 e. The third kappa shape index (κ3) is 1.46. The van der Waals surface area contributed by atoms with E-state index >= 15 is 0 Å². The topological polar surface area (TPSA) is 40.6 Å². The summed E-state index contributed by atoms with van der Waals surface area (Å²) in [4.78, 5) is 28.7. The summed E-state index contributed by atoms with van der Waals surface area (Å²) in [5.41, 5.74) is 2.40. The van der Waals surface area contributed by atoms with E-state index in [-0.39, 0.29) is 23.9 Å². The number of carbonyl (C=O) groups excluding carboxylic acids is 2. The lowest BCUT2D eigenvalue weighted by atomic mass is 9.90. The van der Waals surface area contributed by atoms with Gasteiger partial charge in [-0.2, -0.15) is 0 Å². The molecule has 2 saturated heterocycles. The van der Waals surface area contributed by atoms with Crippen LogP contribution in [0.3, 0.4) is 0 Å². The average molecular weight is 256 g/mol. The molecule has 3 aliphatic heterocycles. The normalized spacial score (nSPS) is 29.1. The Balaban J connectivity index is 1.75. The van der Waals surface area contributed by atoms with Crippen molar-refractivity contribution in [1.82, 2.24) is 9.80 Å². The lowest BCUT2D eigenvalue weighted by molar-refractivity contribution is -0.160. The predicted molar refractivity (Wildman–Crippen MR) is 69.2 cm³/mol. The molecule has 0 saturated carbocycles. The van der Waals surface area contributed by atoms with Crippen LogP contribution in [0.25, 0.3) is 0 Å². The van der Waals surface area contributed by atoms with Crippen molar-refractivity contribution < 1.29 is 9.59 Å². The van der Waals surface area contributed by atoms with Crippen molar-refractivity contribution in [2.75, 3.05) is 6.54 Å². The van der Waals surface area contributed by atoms with Gasteiger partial charge in [0.05, 0.1) is 0 Å². The minimum absolute atomic E-state index is 0.150. The molecule has 0 aromatic heterocycles. The second kappa shape index (κ2) is 3.83. The lowest BCUT2D eigenvalue weighted by Crippen LogP contribution is -2.64. The van der Waals surface area contributed by atoms with E-state index < -0.39 is 0 Å².